The van der Waals surface area contributed by atoms with Gasteiger partial charge in [-0.2, -0.15) is 0 Å². The summed E-state index contributed by atoms with van der Waals surface area (Å²) in [7, 11) is 0. The van der Waals surface area contributed by atoms with Crippen LogP contribution in [0.25, 0.3) is 0 Å². The highest BCUT2D eigenvalue weighted by atomic mass is 16.7. The van der Waals surface area contributed by atoms with Crippen molar-refractivity contribution in [1.82, 2.24) is 5.32 Å². The van der Waals surface area contributed by atoms with Crippen molar-refractivity contribution in [1.29, 1.82) is 0 Å². The zero-order valence-corrected chi connectivity index (χ0v) is 14.0. The predicted octanol–water partition coefficient (Wildman–Crippen LogP) is 3.08. The number of anilines is 1. The second-order valence-electron chi connectivity index (χ2n) is 5.75. The molecule has 2 aromatic carbocycles. The van der Waals surface area contributed by atoms with Crippen LogP contribution in [0.15, 0.2) is 42.5 Å². The number of ether oxygens (including phenoxy) is 2. The maximum atomic E-state index is 12.2. The minimum atomic E-state index is -0.177. The van der Waals surface area contributed by atoms with Crippen LogP contribution in [0.4, 0.5) is 5.69 Å². The third-order valence-corrected chi connectivity index (χ3v) is 3.80. The molecule has 0 atom stereocenters. The highest BCUT2D eigenvalue weighted by Crippen LogP contribution is 2.32. The molecule has 0 radical (unpaired) electrons. The summed E-state index contributed by atoms with van der Waals surface area (Å²) >= 11 is 0. The zero-order chi connectivity index (χ0) is 17.6. The number of carbonyl (C=O) groups excluding carboxylic acids is 2. The van der Waals surface area contributed by atoms with E-state index in [0.29, 0.717) is 30.0 Å². The van der Waals surface area contributed by atoms with Crippen LogP contribution < -0.4 is 20.1 Å². The van der Waals surface area contributed by atoms with E-state index < -0.39 is 0 Å². The number of carbonyl (C=O) groups is 2. The van der Waals surface area contributed by atoms with E-state index in [1.807, 2.05) is 25.1 Å². The number of fused-ring (bicyclic) bond motifs is 1. The number of rotatable bonds is 6. The van der Waals surface area contributed by atoms with Gasteiger partial charge in [-0.05, 0) is 48.4 Å². The lowest BCUT2D eigenvalue weighted by molar-refractivity contribution is -0.116. The molecule has 0 saturated carbocycles. The average Bonchev–Trinajstić information content (AvgIpc) is 3.08. The van der Waals surface area contributed by atoms with Gasteiger partial charge in [-0.3, -0.25) is 9.59 Å². The normalized spacial score (nSPS) is 11.9. The maximum Gasteiger partial charge on any atom is 0.251 e. The molecule has 25 heavy (non-hydrogen) atoms. The maximum absolute atomic E-state index is 12.2. The van der Waals surface area contributed by atoms with Gasteiger partial charge in [-0.1, -0.05) is 13.0 Å². The van der Waals surface area contributed by atoms with Gasteiger partial charge >= 0.3 is 0 Å². The van der Waals surface area contributed by atoms with Gasteiger partial charge < -0.3 is 20.1 Å². The topological polar surface area (TPSA) is 76.7 Å². The second-order valence-corrected chi connectivity index (χ2v) is 5.75. The van der Waals surface area contributed by atoms with E-state index in [1.54, 1.807) is 24.3 Å². The van der Waals surface area contributed by atoms with Crippen molar-refractivity contribution in [3.8, 4) is 11.5 Å². The smallest absolute Gasteiger partial charge is 0.251 e. The quantitative estimate of drug-likeness (QED) is 0.847. The van der Waals surface area contributed by atoms with Crippen LogP contribution in [0.3, 0.4) is 0 Å². The summed E-state index contributed by atoms with van der Waals surface area (Å²) in [6.45, 7) is 2.57. The summed E-state index contributed by atoms with van der Waals surface area (Å²) in [5.74, 6) is 1.21. The summed E-state index contributed by atoms with van der Waals surface area (Å²) in [6, 6.07) is 12.4. The van der Waals surface area contributed by atoms with Gasteiger partial charge in [0.05, 0.1) is 0 Å². The van der Waals surface area contributed by atoms with Gasteiger partial charge in [0.1, 0.15) is 0 Å². The Morgan fingerprint density at radius 2 is 1.80 bits per heavy atom. The minimum absolute atomic E-state index is 0.0255. The lowest BCUT2D eigenvalue weighted by Crippen LogP contribution is -2.22. The third-order valence-electron chi connectivity index (χ3n) is 3.80. The highest BCUT2D eigenvalue weighted by Gasteiger charge is 2.13. The van der Waals surface area contributed by atoms with E-state index in [1.165, 1.54) is 0 Å². The molecule has 130 valence electrons. The van der Waals surface area contributed by atoms with Gasteiger partial charge in [-0.25, -0.2) is 0 Å². The molecule has 2 amide bonds. The van der Waals surface area contributed by atoms with Gasteiger partial charge in [-0.15, -0.1) is 0 Å². The molecule has 0 saturated heterocycles. The number of nitrogens with one attached hydrogen (secondary N) is 2. The molecule has 0 aromatic heterocycles. The first-order valence-corrected chi connectivity index (χ1v) is 8.22. The standard InChI is InChI=1S/C19H20N2O4/c1-2-3-18(22)21-15-7-5-14(6-8-15)19(23)20-11-13-4-9-16-17(10-13)25-12-24-16/h4-10H,2-3,11-12H2,1H3,(H,20,23)(H,21,22). The molecule has 6 heteroatoms. The van der Waals surface area contributed by atoms with E-state index >= 15 is 0 Å². The monoisotopic (exact) mass is 340 g/mol. The Labute approximate surface area is 146 Å². The molecular formula is C19H20N2O4. The molecule has 2 aromatic rings. The summed E-state index contributed by atoms with van der Waals surface area (Å²) in [5.41, 5.74) is 2.15. The van der Waals surface area contributed by atoms with Crippen LogP contribution in [-0.4, -0.2) is 18.6 Å². The third kappa shape index (κ3) is 4.29. The summed E-state index contributed by atoms with van der Waals surface area (Å²) in [4.78, 5) is 23.8. The lowest BCUT2D eigenvalue weighted by atomic mass is 10.1. The van der Waals surface area contributed by atoms with Crippen molar-refractivity contribution >= 4 is 17.5 Å². The molecule has 1 aliphatic rings. The molecule has 2 N–H and O–H groups in total. The minimum Gasteiger partial charge on any atom is -0.454 e. The molecule has 0 fully saturated rings. The van der Waals surface area contributed by atoms with E-state index in [0.717, 1.165) is 17.7 Å². The van der Waals surface area contributed by atoms with E-state index in [9.17, 15) is 9.59 Å². The van der Waals surface area contributed by atoms with E-state index in [2.05, 4.69) is 10.6 Å². The van der Waals surface area contributed by atoms with Gasteiger partial charge in [0, 0.05) is 24.2 Å². The Morgan fingerprint density at radius 3 is 2.56 bits per heavy atom. The Bertz CT molecular complexity index is 771. The molecule has 0 aliphatic carbocycles. The first-order valence-electron chi connectivity index (χ1n) is 8.22. The van der Waals surface area contributed by atoms with Crippen LogP contribution in [0.5, 0.6) is 11.5 Å². The van der Waals surface area contributed by atoms with Crippen molar-refractivity contribution in [3.63, 3.8) is 0 Å². The number of benzene rings is 2. The van der Waals surface area contributed by atoms with Crippen molar-refractivity contribution < 1.29 is 19.1 Å². The number of hydrogen-bond donors (Lipinski definition) is 2. The van der Waals surface area contributed by atoms with Crippen LogP contribution in [-0.2, 0) is 11.3 Å². The van der Waals surface area contributed by atoms with E-state index in [-0.39, 0.29) is 18.6 Å². The van der Waals surface area contributed by atoms with Gasteiger partial charge in [0.2, 0.25) is 12.7 Å². The molecule has 0 bridgehead atoms. The summed E-state index contributed by atoms with van der Waals surface area (Å²) in [5, 5.41) is 5.66. The number of amides is 2. The first-order chi connectivity index (χ1) is 12.2. The Kier molecular flexibility index (Phi) is 5.18. The van der Waals surface area contributed by atoms with Crippen LogP contribution in [0.2, 0.25) is 0 Å². The molecule has 6 nitrogen and oxygen atoms in total. The van der Waals surface area contributed by atoms with Crippen molar-refractivity contribution in [2.45, 2.75) is 26.3 Å². The Balaban J connectivity index is 1.55. The summed E-state index contributed by atoms with van der Waals surface area (Å²) < 4.78 is 10.6. The van der Waals surface area contributed by atoms with E-state index in [4.69, 9.17) is 9.47 Å². The highest BCUT2D eigenvalue weighted by molar-refractivity contribution is 5.95. The fraction of sp³-hybridized carbons (Fsp3) is 0.263. The van der Waals surface area contributed by atoms with Crippen molar-refractivity contribution in [2.75, 3.05) is 12.1 Å². The van der Waals surface area contributed by atoms with Crippen molar-refractivity contribution in [2.24, 2.45) is 0 Å². The fourth-order valence-electron chi connectivity index (χ4n) is 2.49. The molecule has 0 spiro atoms. The SMILES string of the molecule is CCCC(=O)Nc1ccc(C(=O)NCc2ccc3c(c2)OCO3)cc1. The molecule has 0 unspecified atom stereocenters. The molecular weight excluding hydrogens is 320 g/mol. The van der Waals surface area contributed by atoms with Crippen molar-refractivity contribution in [3.05, 3.63) is 53.6 Å². The average molecular weight is 340 g/mol. The zero-order valence-electron chi connectivity index (χ0n) is 14.0. The Hall–Kier alpha value is -3.02. The van der Waals surface area contributed by atoms with Crippen LogP contribution >= 0.6 is 0 Å². The predicted molar refractivity (Wildman–Crippen MR) is 93.7 cm³/mol. The Morgan fingerprint density at radius 1 is 1.04 bits per heavy atom. The second kappa shape index (κ2) is 7.70. The number of hydrogen-bond acceptors (Lipinski definition) is 4. The van der Waals surface area contributed by atoms with Crippen LogP contribution in [0.1, 0.15) is 35.7 Å². The van der Waals surface area contributed by atoms with Crippen LogP contribution in [0, 0.1) is 0 Å². The first kappa shape index (κ1) is 16.8. The fourth-order valence-corrected chi connectivity index (χ4v) is 2.49. The van der Waals surface area contributed by atoms with Gasteiger partial charge in [0.25, 0.3) is 5.91 Å². The molecule has 1 aliphatic heterocycles. The lowest BCUT2D eigenvalue weighted by Gasteiger charge is -2.08. The molecule has 1 heterocycles. The molecule has 3 rings (SSSR count). The van der Waals surface area contributed by atoms with Gasteiger partial charge in [0.15, 0.2) is 11.5 Å². The largest absolute Gasteiger partial charge is 0.454 e. The summed E-state index contributed by atoms with van der Waals surface area (Å²) in [6.07, 6.45) is 1.28.